The van der Waals surface area contributed by atoms with Gasteiger partial charge in [-0.3, -0.25) is 4.79 Å². The number of hydrogen-bond donors (Lipinski definition) is 0. The molecule has 9 heteroatoms. The lowest BCUT2D eigenvalue weighted by molar-refractivity contribution is 0.0725. The van der Waals surface area contributed by atoms with Gasteiger partial charge in [-0.05, 0) is 187 Å². The number of carbonyl (C=O) groups is 4. The lowest BCUT2D eigenvalue weighted by atomic mass is 9.67. The van der Waals surface area contributed by atoms with Gasteiger partial charge in [-0.2, -0.15) is 0 Å². The van der Waals surface area contributed by atoms with Gasteiger partial charge >= 0.3 is 17.9 Å². The van der Waals surface area contributed by atoms with Gasteiger partial charge in [0.1, 0.15) is 34.5 Å². The van der Waals surface area contributed by atoms with Crippen LogP contribution in [0.2, 0.25) is 0 Å². The Balaban J connectivity index is 0.797. The Morgan fingerprint density at radius 2 is 0.553 bits per heavy atom. The average Bonchev–Trinajstić information content (AvgIpc) is 3.39. The number of hydrogen-bond acceptors (Lipinski definition) is 9. The summed E-state index contributed by atoms with van der Waals surface area (Å²) in [6.07, 6.45) is 26.0. The van der Waals surface area contributed by atoms with Crippen LogP contribution in [0.4, 0.5) is 0 Å². The van der Waals surface area contributed by atoms with Crippen molar-refractivity contribution in [3.63, 3.8) is 0 Å². The van der Waals surface area contributed by atoms with Gasteiger partial charge in [0.05, 0.1) is 23.8 Å². The second-order valence-electron chi connectivity index (χ2n) is 23.5. The van der Waals surface area contributed by atoms with Crippen LogP contribution in [0.3, 0.4) is 0 Å². The number of ether oxygens (including phenoxy) is 5. The molecule has 0 unspecified atom stereocenters. The molecule has 8 aromatic rings. The fourth-order valence-corrected chi connectivity index (χ4v) is 12.9. The lowest BCUT2D eigenvalue weighted by Crippen LogP contribution is -2.28. The second kappa shape index (κ2) is 29.0. The van der Waals surface area contributed by atoms with E-state index in [1.165, 1.54) is 95.1 Å². The SMILES string of the molecule is COc1ccc(C2(c3ccc(OC(=O)c4ccc5cc(C(=O)Oc6ccc(C7(c8ccc(OC(=O)c9ccc(Oc%10ccc(C(C)=O)cc%10)cc9)cc8)CCCCCCCCCCC7)cc6)ccc5c4)cc3)CCCCCCCCCCC2)cc1. The summed E-state index contributed by atoms with van der Waals surface area (Å²) in [6.45, 7) is 1.52. The molecule has 0 aromatic heterocycles. The second-order valence-corrected chi connectivity index (χ2v) is 23.5. The van der Waals surface area contributed by atoms with E-state index in [0.717, 1.165) is 91.9 Å². The maximum absolute atomic E-state index is 13.8. The van der Waals surface area contributed by atoms with Gasteiger partial charge in [0.15, 0.2) is 5.78 Å². The molecule has 85 heavy (non-hydrogen) atoms. The number of Topliss-reactive ketones (excluding diaryl/α,β-unsaturated/α-hetero) is 1. The molecule has 0 bridgehead atoms. The van der Waals surface area contributed by atoms with Gasteiger partial charge in [-0.15, -0.1) is 0 Å². The number of carbonyl (C=O) groups excluding carboxylic acids is 4. The van der Waals surface area contributed by atoms with Crippen molar-refractivity contribution in [1.82, 2.24) is 0 Å². The van der Waals surface area contributed by atoms with Crippen molar-refractivity contribution < 1.29 is 42.9 Å². The van der Waals surface area contributed by atoms with Crippen LogP contribution in [-0.4, -0.2) is 30.8 Å². The molecule has 0 aliphatic heterocycles. The van der Waals surface area contributed by atoms with E-state index in [9.17, 15) is 19.2 Å². The highest BCUT2D eigenvalue weighted by atomic mass is 16.5. The zero-order valence-electron chi connectivity index (χ0n) is 49.6. The minimum Gasteiger partial charge on any atom is -0.497 e. The highest BCUT2D eigenvalue weighted by molar-refractivity contribution is 6.00. The lowest BCUT2D eigenvalue weighted by Gasteiger charge is -2.36. The van der Waals surface area contributed by atoms with Gasteiger partial charge < -0.3 is 23.7 Å². The molecule has 9 nitrogen and oxygen atoms in total. The third-order valence-corrected chi connectivity index (χ3v) is 17.8. The topological polar surface area (TPSA) is 114 Å². The van der Waals surface area contributed by atoms with Gasteiger partial charge in [0.25, 0.3) is 0 Å². The van der Waals surface area contributed by atoms with Gasteiger partial charge in [-0.1, -0.05) is 176 Å². The van der Waals surface area contributed by atoms with E-state index >= 15 is 0 Å². The van der Waals surface area contributed by atoms with E-state index < -0.39 is 17.9 Å². The van der Waals surface area contributed by atoms with Crippen LogP contribution >= 0.6 is 0 Å². The zero-order chi connectivity index (χ0) is 58.9. The number of benzene rings is 8. The van der Waals surface area contributed by atoms with Gasteiger partial charge in [0, 0.05) is 16.4 Å². The summed E-state index contributed by atoms with van der Waals surface area (Å²) in [5.74, 6) is 1.98. The molecule has 2 aliphatic carbocycles. The Labute approximate surface area is 502 Å². The molecular formula is C76H80O9. The standard InChI is InChI=1S/C76H80O9/c1-55(77)56-25-37-67(38-26-56)82-68-39-27-57(28-40-68)72(78)83-69-43-31-64(32-44-69)76(51-19-15-11-7-4-8-12-16-20-52-76)65-35-47-71(48-36-65)85-74(80)61-24-22-58-53-60(23-21-59(58)54-61)73(79)84-70-45-33-63(34-46-70)75(62-29-41-66(81-2)42-30-62)49-17-13-9-5-3-6-10-14-18-50-75/h21-48,53-54H,3-20,49-52H2,1-2H3. The van der Waals surface area contributed by atoms with Crippen molar-refractivity contribution in [3.8, 4) is 34.5 Å². The largest absolute Gasteiger partial charge is 0.497 e. The van der Waals surface area contributed by atoms with Crippen molar-refractivity contribution in [3.05, 3.63) is 226 Å². The van der Waals surface area contributed by atoms with Crippen molar-refractivity contribution in [1.29, 1.82) is 0 Å². The van der Waals surface area contributed by atoms with E-state index in [1.54, 1.807) is 79.9 Å². The summed E-state index contributed by atoms with van der Waals surface area (Å²) in [4.78, 5) is 52.6. The number of ketones is 1. The predicted octanol–water partition coefficient (Wildman–Crippen LogP) is 19.7. The summed E-state index contributed by atoms with van der Waals surface area (Å²) >= 11 is 0. The maximum Gasteiger partial charge on any atom is 0.343 e. The minimum absolute atomic E-state index is 0.0142. The smallest absolute Gasteiger partial charge is 0.343 e. The van der Waals surface area contributed by atoms with Gasteiger partial charge in [-0.25, -0.2) is 14.4 Å². The monoisotopic (exact) mass is 1140 g/mol. The van der Waals surface area contributed by atoms with Crippen LogP contribution in [0.1, 0.15) is 212 Å². The first-order chi connectivity index (χ1) is 41.6. The maximum atomic E-state index is 13.8. The molecule has 0 atom stereocenters. The quantitative estimate of drug-likeness (QED) is 0.0596. The summed E-state index contributed by atoms with van der Waals surface area (Å²) in [5, 5.41) is 1.60. The van der Waals surface area contributed by atoms with Crippen LogP contribution in [0.5, 0.6) is 34.5 Å². The Bertz CT molecular complexity index is 3470. The van der Waals surface area contributed by atoms with Crippen molar-refractivity contribution in [2.24, 2.45) is 0 Å². The van der Waals surface area contributed by atoms with Crippen molar-refractivity contribution >= 4 is 34.5 Å². The number of esters is 3. The summed E-state index contributed by atoms with van der Waals surface area (Å²) in [6, 6.07) is 57.3. The molecule has 0 spiro atoms. The van der Waals surface area contributed by atoms with Crippen LogP contribution < -0.4 is 23.7 Å². The number of methoxy groups -OCH3 is 1. The fraction of sp³-hybridized carbons (Fsp3) is 0.342. The van der Waals surface area contributed by atoms with Crippen LogP contribution in [0.25, 0.3) is 10.8 Å². The molecule has 0 amide bonds. The molecule has 2 fully saturated rings. The molecule has 8 aromatic carbocycles. The van der Waals surface area contributed by atoms with E-state index in [2.05, 4.69) is 60.7 Å². The number of fused-ring (bicyclic) bond motifs is 1. The Morgan fingerprint density at radius 1 is 0.294 bits per heavy atom. The molecule has 0 N–H and O–H groups in total. The fourth-order valence-electron chi connectivity index (χ4n) is 12.9. The first kappa shape index (κ1) is 59.8. The Kier molecular flexibility index (Phi) is 20.4. The molecule has 2 aliphatic rings. The molecule has 0 radical (unpaired) electrons. The number of rotatable bonds is 14. The van der Waals surface area contributed by atoms with E-state index in [0.29, 0.717) is 51.0 Å². The van der Waals surface area contributed by atoms with Crippen LogP contribution in [0, 0.1) is 0 Å². The molecule has 10 rings (SSSR count). The first-order valence-corrected chi connectivity index (χ1v) is 31.1. The first-order valence-electron chi connectivity index (χ1n) is 31.1. The van der Waals surface area contributed by atoms with Crippen molar-refractivity contribution in [2.75, 3.05) is 7.11 Å². The summed E-state index contributed by atoms with van der Waals surface area (Å²) < 4.78 is 29.4. The van der Waals surface area contributed by atoms with Crippen LogP contribution in [-0.2, 0) is 10.8 Å². The van der Waals surface area contributed by atoms with E-state index in [4.69, 9.17) is 23.7 Å². The van der Waals surface area contributed by atoms with E-state index in [1.807, 2.05) is 48.5 Å². The molecule has 438 valence electrons. The Hall–Kier alpha value is -8.30. The summed E-state index contributed by atoms with van der Waals surface area (Å²) in [5.41, 5.74) is 6.21. The van der Waals surface area contributed by atoms with Crippen molar-refractivity contribution in [2.45, 2.75) is 159 Å². The minimum atomic E-state index is -0.473. The molecule has 2 saturated carbocycles. The third-order valence-electron chi connectivity index (χ3n) is 17.8. The van der Waals surface area contributed by atoms with Gasteiger partial charge in [0.2, 0.25) is 0 Å². The molecule has 0 saturated heterocycles. The normalized spacial score (nSPS) is 16.2. The Morgan fingerprint density at radius 3 is 0.859 bits per heavy atom. The summed E-state index contributed by atoms with van der Waals surface area (Å²) in [7, 11) is 1.71. The zero-order valence-corrected chi connectivity index (χ0v) is 49.6. The molecule has 0 heterocycles. The average molecular weight is 1140 g/mol. The van der Waals surface area contributed by atoms with Crippen LogP contribution in [0.15, 0.2) is 182 Å². The predicted molar refractivity (Wildman–Crippen MR) is 337 cm³/mol. The highest BCUT2D eigenvalue weighted by Crippen LogP contribution is 2.45. The molecular weight excluding hydrogens is 1060 g/mol. The highest BCUT2D eigenvalue weighted by Gasteiger charge is 2.35. The van der Waals surface area contributed by atoms with E-state index in [-0.39, 0.29) is 16.6 Å². The third kappa shape index (κ3) is 15.3.